The van der Waals surface area contributed by atoms with E-state index in [2.05, 4.69) is 4.98 Å². The Kier molecular flexibility index (Phi) is 13.6. The number of hydrogen-bond acceptors (Lipinski definition) is 2. The normalized spacial score (nSPS) is 6.25. The van der Waals surface area contributed by atoms with Crippen molar-refractivity contribution in [3.63, 3.8) is 0 Å². The van der Waals surface area contributed by atoms with Crippen LogP contribution in [0.3, 0.4) is 0 Å². The molecule has 0 aromatic heterocycles. The molecule has 0 heterocycles. The Morgan fingerprint density at radius 3 is 2.00 bits per heavy atom. The van der Waals surface area contributed by atoms with Gasteiger partial charge in [0.15, 0.2) is 4.98 Å². The van der Waals surface area contributed by atoms with Gasteiger partial charge in [-0.05, 0) is 6.07 Å². The van der Waals surface area contributed by atoms with Gasteiger partial charge in [-0.15, -0.1) is 34.0 Å². The quantitative estimate of drug-likeness (QED) is 0.446. The van der Waals surface area contributed by atoms with E-state index in [9.17, 15) is 0 Å². The van der Waals surface area contributed by atoms with Crippen molar-refractivity contribution < 1.29 is 19.5 Å². The fraction of sp³-hybridized carbons (Fsp3) is 0. The van der Waals surface area contributed by atoms with E-state index in [1.54, 1.807) is 24.3 Å². The summed E-state index contributed by atoms with van der Waals surface area (Å²) in [6.07, 6.45) is 0. The third-order valence-electron chi connectivity index (χ3n) is 1.04. The Labute approximate surface area is 105 Å². The largest absolute Gasteiger partial charge is 2.00 e. The second-order valence-electron chi connectivity index (χ2n) is 1.66. The molecule has 0 aliphatic rings. The van der Waals surface area contributed by atoms with Gasteiger partial charge < -0.3 is 5.73 Å². The van der Waals surface area contributed by atoms with Crippen LogP contribution in [0.1, 0.15) is 0 Å². The third kappa shape index (κ3) is 4.81. The molecule has 1 aromatic rings. The van der Waals surface area contributed by atoms with Crippen LogP contribution < -0.4 is 5.73 Å². The van der Waals surface area contributed by atoms with Gasteiger partial charge in [-0.2, -0.15) is 0 Å². The van der Waals surface area contributed by atoms with Gasteiger partial charge in [-0.25, -0.2) is 0 Å². The Morgan fingerprint density at radius 2 is 1.67 bits per heavy atom. The molecule has 0 radical (unpaired) electrons. The minimum Gasteiger partial charge on any atom is -0.392 e. The second kappa shape index (κ2) is 9.11. The Morgan fingerprint density at radius 1 is 1.17 bits per heavy atom. The maximum Gasteiger partial charge on any atom is 2.00 e. The van der Waals surface area contributed by atoms with Crippen LogP contribution in [0.5, 0.6) is 0 Å². The molecule has 6 heteroatoms. The smallest absolute Gasteiger partial charge is 0.392 e. The number of anilines is 1. The van der Waals surface area contributed by atoms with Gasteiger partial charge in [0.2, 0.25) is 5.39 Å². The van der Waals surface area contributed by atoms with Crippen molar-refractivity contribution in [2.24, 2.45) is 0 Å². The van der Waals surface area contributed by atoms with Crippen LogP contribution >= 0.6 is 34.0 Å². The van der Waals surface area contributed by atoms with Crippen LogP contribution in [0.4, 0.5) is 11.4 Å². The van der Waals surface area contributed by atoms with E-state index in [0.717, 1.165) is 0 Å². The number of halogens is 2. The van der Waals surface area contributed by atoms with Crippen LogP contribution in [0.15, 0.2) is 24.3 Å². The molecule has 0 saturated heterocycles. The molecule has 0 bridgehead atoms. The molecule has 12 heavy (non-hydrogen) atoms. The van der Waals surface area contributed by atoms with Crippen LogP contribution in [0, 0.1) is 5.39 Å². The van der Waals surface area contributed by atoms with Gasteiger partial charge in [-0.3, -0.25) is 0 Å². The zero-order chi connectivity index (χ0) is 6.69. The predicted octanol–water partition coefficient (Wildman–Crippen LogP) is 2.91. The fourth-order valence-corrected chi connectivity index (χ4v) is 0.579. The number of nitrogens with zero attached hydrogens (tertiary/aromatic N) is 2. The first-order chi connectivity index (χ1) is 4.34. The number of para-hydroxylation sites is 1. The Bertz CT molecular complexity index is 261. The summed E-state index contributed by atoms with van der Waals surface area (Å²) in [7, 11) is 0. The summed E-state index contributed by atoms with van der Waals surface area (Å²) in [5.74, 6) is 0. The van der Waals surface area contributed by atoms with Gasteiger partial charge in [0.25, 0.3) is 0 Å². The van der Waals surface area contributed by atoms with Gasteiger partial charge in [-0.1, -0.05) is 12.1 Å². The van der Waals surface area contributed by atoms with Gasteiger partial charge in [0.05, 0.1) is 0 Å². The summed E-state index contributed by atoms with van der Waals surface area (Å²) < 4.78 is 0. The van der Waals surface area contributed by atoms with E-state index in [1.165, 1.54) is 0 Å². The molecule has 0 spiro atoms. The van der Waals surface area contributed by atoms with Crippen molar-refractivity contribution in [3.8, 4) is 0 Å². The summed E-state index contributed by atoms with van der Waals surface area (Å²) in [5.41, 5.74) is 6.28. The molecule has 1 aromatic carbocycles. The van der Waals surface area contributed by atoms with E-state index in [4.69, 9.17) is 11.1 Å². The average molecular weight is 347 g/mol. The van der Waals surface area contributed by atoms with Crippen molar-refractivity contribution >= 4 is 45.3 Å². The molecule has 0 unspecified atom stereocenters. The molecular weight excluding hydrogens is 339 g/mol. The van der Waals surface area contributed by atoms with E-state index in [0.29, 0.717) is 11.4 Å². The zero-order valence-electron chi connectivity index (χ0n) is 6.30. The molecular formula is C6H8Br2N3Zn+3. The number of hydrogen-bond donors (Lipinski definition) is 1. The van der Waals surface area contributed by atoms with Crippen LogP contribution in [-0.2, 0) is 19.5 Å². The third-order valence-corrected chi connectivity index (χ3v) is 1.04. The van der Waals surface area contributed by atoms with Crippen LogP contribution in [-0.4, -0.2) is 0 Å². The summed E-state index contributed by atoms with van der Waals surface area (Å²) >= 11 is 0. The number of nitrogens with two attached hydrogens (primary N) is 1. The summed E-state index contributed by atoms with van der Waals surface area (Å²) in [6, 6.07) is 6.85. The summed E-state index contributed by atoms with van der Waals surface area (Å²) in [4.78, 5) is 2.95. The molecule has 0 aliphatic heterocycles. The van der Waals surface area contributed by atoms with E-state index in [-0.39, 0.29) is 53.4 Å². The predicted molar refractivity (Wildman–Crippen MR) is 56.2 cm³/mol. The number of benzene rings is 1. The molecule has 0 atom stereocenters. The van der Waals surface area contributed by atoms with Gasteiger partial charge in [0.1, 0.15) is 5.69 Å². The first kappa shape index (κ1) is 17.9. The first-order valence-corrected chi connectivity index (χ1v) is 2.54. The van der Waals surface area contributed by atoms with Gasteiger partial charge >= 0.3 is 25.2 Å². The molecule has 3 nitrogen and oxygen atoms in total. The number of nitrogen functional groups attached to an aromatic ring is 1. The number of diazo groups is 1. The monoisotopic (exact) mass is 344 g/mol. The molecule has 0 saturated carbocycles. The van der Waals surface area contributed by atoms with E-state index < -0.39 is 0 Å². The van der Waals surface area contributed by atoms with Crippen molar-refractivity contribution in [1.29, 1.82) is 5.39 Å². The standard InChI is InChI=1S/C6H6N3.2BrH.Zn/c7-5-3-1-2-4-6(5)9-8;;;/h1-4H,7H2;2*1H;/q+1;;;+2. The van der Waals surface area contributed by atoms with Crippen molar-refractivity contribution in [3.05, 3.63) is 29.2 Å². The Hall–Kier alpha value is 0.0234. The summed E-state index contributed by atoms with van der Waals surface area (Å²) in [5, 5.41) is 8.26. The summed E-state index contributed by atoms with van der Waals surface area (Å²) in [6.45, 7) is 0. The van der Waals surface area contributed by atoms with Crippen molar-refractivity contribution in [2.45, 2.75) is 0 Å². The topological polar surface area (TPSA) is 54.2 Å². The van der Waals surface area contributed by atoms with Crippen LogP contribution in [0.25, 0.3) is 4.98 Å². The minimum atomic E-state index is 0. The maximum atomic E-state index is 8.26. The maximum absolute atomic E-state index is 8.26. The van der Waals surface area contributed by atoms with Crippen molar-refractivity contribution in [2.75, 3.05) is 5.73 Å². The average Bonchev–Trinajstić information content (AvgIpc) is 1.89. The molecule has 1 rings (SSSR count). The molecule has 2 N–H and O–H groups in total. The minimum absolute atomic E-state index is 0. The fourth-order valence-electron chi connectivity index (χ4n) is 0.579. The number of rotatable bonds is 0. The first-order valence-electron chi connectivity index (χ1n) is 2.54. The van der Waals surface area contributed by atoms with E-state index in [1.807, 2.05) is 0 Å². The SMILES string of the molecule is Br.Br.N#[N+]c1ccccc1N.[Zn+2]. The molecule has 0 amide bonds. The molecule has 0 aliphatic carbocycles. The van der Waals surface area contributed by atoms with E-state index >= 15 is 0 Å². The molecule has 0 fully saturated rings. The zero-order valence-corrected chi connectivity index (χ0v) is 12.7. The van der Waals surface area contributed by atoms with Crippen molar-refractivity contribution in [1.82, 2.24) is 0 Å². The Balaban J connectivity index is -0.000000270. The van der Waals surface area contributed by atoms with Gasteiger partial charge in [0, 0.05) is 6.07 Å². The molecule has 60 valence electrons. The second-order valence-corrected chi connectivity index (χ2v) is 1.66. The van der Waals surface area contributed by atoms with Crippen LogP contribution in [0.2, 0.25) is 0 Å².